The van der Waals surface area contributed by atoms with Crippen LogP contribution in [0.4, 0.5) is 16.3 Å². The van der Waals surface area contributed by atoms with E-state index in [0.29, 0.717) is 29.5 Å². The first-order valence-electron chi connectivity index (χ1n) is 11.4. The van der Waals surface area contributed by atoms with E-state index in [-0.39, 0.29) is 6.04 Å². The Balaban J connectivity index is 1.70. The first-order chi connectivity index (χ1) is 15.9. The Kier molecular flexibility index (Phi) is 7.54. The van der Waals surface area contributed by atoms with Gasteiger partial charge in [-0.15, -0.1) is 0 Å². The summed E-state index contributed by atoms with van der Waals surface area (Å²) in [6, 6.07) is 5.28. The lowest BCUT2D eigenvalue weighted by Crippen LogP contribution is -2.46. The van der Waals surface area contributed by atoms with Crippen LogP contribution in [0.2, 0.25) is 0 Å². The molecule has 3 rings (SSSR count). The summed E-state index contributed by atoms with van der Waals surface area (Å²) in [4.78, 5) is 48.3. The van der Waals surface area contributed by atoms with Gasteiger partial charge in [0.15, 0.2) is 0 Å². The predicted octanol–water partition coefficient (Wildman–Crippen LogP) is 4.38. The van der Waals surface area contributed by atoms with E-state index < -0.39 is 23.5 Å². The lowest BCUT2D eigenvalue weighted by molar-refractivity contribution is -0.146. The molecular formula is C25H33N5O4. The summed E-state index contributed by atoms with van der Waals surface area (Å²) in [5.41, 5.74) is 2.17. The molecular weight excluding hydrogens is 434 g/mol. The van der Waals surface area contributed by atoms with Gasteiger partial charge in [-0.3, -0.25) is 19.9 Å². The molecule has 1 aliphatic heterocycles. The van der Waals surface area contributed by atoms with E-state index in [0.717, 1.165) is 24.1 Å². The molecule has 1 saturated heterocycles. The van der Waals surface area contributed by atoms with Crippen molar-refractivity contribution in [3.63, 3.8) is 0 Å². The molecule has 2 atom stereocenters. The van der Waals surface area contributed by atoms with Gasteiger partial charge < -0.3 is 15.0 Å². The van der Waals surface area contributed by atoms with E-state index >= 15 is 0 Å². The maximum Gasteiger partial charge on any atom is 0.413 e. The van der Waals surface area contributed by atoms with Crippen molar-refractivity contribution in [3.05, 3.63) is 47.4 Å². The third kappa shape index (κ3) is 6.52. The predicted molar refractivity (Wildman–Crippen MR) is 129 cm³/mol. The fraction of sp³-hybridized carbons (Fsp3) is 0.480. The van der Waals surface area contributed by atoms with Gasteiger partial charge >= 0.3 is 17.9 Å². The first kappa shape index (κ1) is 25.1. The molecule has 2 aromatic heterocycles. The van der Waals surface area contributed by atoms with Crippen LogP contribution < -0.4 is 10.6 Å². The number of piperidine rings is 1. The van der Waals surface area contributed by atoms with Crippen molar-refractivity contribution in [2.45, 2.75) is 66.0 Å². The van der Waals surface area contributed by atoms with Crippen LogP contribution in [0.3, 0.4) is 0 Å². The molecule has 0 aromatic carbocycles. The van der Waals surface area contributed by atoms with Gasteiger partial charge in [-0.2, -0.15) is 0 Å². The van der Waals surface area contributed by atoms with Gasteiger partial charge in [0.05, 0.1) is 23.6 Å². The van der Waals surface area contributed by atoms with Crippen molar-refractivity contribution in [2.24, 2.45) is 5.92 Å². The van der Waals surface area contributed by atoms with Crippen LogP contribution >= 0.6 is 0 Å². The van der Waals surface area contributed by atoms with Crippen LogP contribution in [0.5, 0.6) is 0 Å². The smallest absolute Gasteiger partial charge is 0.413 e. The summed E-state index contributed by atoms with van der Waals surface area (Å²) in [6.45, 7) is 11.6. The van der Waals surface area contributed by atoms with Gasteiger partial charge in [-0.05, 0) is 76.6 Å². The van der Waals surface area contributed by atoms with Crippen LogP contribution in [0.25, 0.3) is 0 Å². The topological polar surface area (TPSA) is 114 Å². The number of pyridine rings is 2. The Hall–Kier alpha value is -3.49. The van der Waals surface area contributed by atoms with Gasteiger partial charge in [0.25, 0.3) is 0 Å². The molecule has 1 fully saturated rings. The number of aromatic nitrogens is 2. The zero-order chi connectivity index (χ0) is 25.0. The highest BCUT2D eigenvalue weighted by atomic mass is 16.6. The largest absolute Gasteiger partial charge is 0.444 e. The van der Waals surface area contributed by atoms with Crippen LogP contribution in [-0.2, 0) is 14.3 Å². The summed E-state index contributed by atoms with van der Waals surface area (Å²) in [5, 5.41) is 5.22. The van der Waals surface area contributed by atoms with Crippen molar-refractivity contribution in [2.75, 3.05) is 17.2 Å². The Bertz CT molecular complexity index is 1060. The normalized spacial score (nSPS) is 18.2. The molecule has 9 heteroatoms. The molecule has 2 N–H and O–H groups in total. The number of ether oxygens (including phenoxy) is 1. The Morgan fingerprint density at radius 2 is 1.79 bits per heavy atom. The van der Waals surface area contributed by atoms with Crippen molar-refractivity contribution in [1.82, 2.24) is 14.9 Å². The molecule has 1 aliphatic rings. The molecule has 0 aliphatic carbocycles. The summed E-state index contributed by atoms with van der Waals surface area (Å²) in [5.74, 6) is -0.734. The number of hydrogen-bond acceptors (Lipinski definition) is 6. The minimum Gasteiger partial charge on any atom is -0.444 e. The fourth-order valence-electron chi connectivity index (χ4n) is 3.85. The van der Waals surface area contributed by atoms with Crippen LogP contribution in [-0.4, -0.2) is 44.9 Å². The standard InChI is InChI=1S/C25H33N5O4/c1-15-7-9-19(26-12-15)20-10-8-16(2)14-30(20)23(32)22(31)28-18-11-17(3)21(27-13-18)29-24(33)34-25(4,5)6/h7,9,11-13,16,20H,8,10,14H2,1-6H3,(H,28,31)(H,27,29,33)/t16-,20+/m1/s1. The maximum absolute atomic E-state index is 13.1. The summed E-state index contributed by atoms with van der Waals surface area (Å²) < 4.78 is 5.24. The van der Waals surface area contributed by atoms with E-state index in [2.05, 4.69) is 27.5 Å². The number of nitrogens with zero attached hydrogens (tertiary/aromatic N) is 3. The van der Waals surface area contributed by atoms with Crippen molar-refractivity contribution >= 4 is 29.4 Å². The number of anilines is 2. The molecule has 3 heterocycles. The van der Waals surface area contributed by atoms with Gasteiger partial charge in [0, 0.05) is 12.7 Å². The molecule has 0 unspecified atom stereocenters. The minimum absolute atomic E-state index is 0.240. The van der Waals surface area contributed by atoms with Gasteiger partial charge in [-0.25, -0.2) is 9.78 Å². The second-order valence-electron chi connectivity index (χ2n) is 9.89. The average Bonchev–Trinajstić information content (AvgIpc) is 2.74. The third-order valence-corrected chi connectivity index (χ3v) is 5.50. The summed E-state index contributed by atoms with van der Waals surface area (Å²) in [6.07, 6.45) is 4.26. The molecule has 9 nitrogen and oxygen atoms in total. The quantitative estimate of drug-likeness (QED) is 0.648. The van der Waals surface area contributed by atoms with Gasteiger partial charge in [0.2, 0.25) is 0 Å². The number of rotatable bonds is 3. The molecule has 0 saturated carbocycles. The Morgan fingerprint density at radius 3 is 2.41 bits per heavy atom. The second kappa shape index (κ2) is 10.2. The van der Waals surface area contributed by atoms with Crippen molar-refractivity contribution in [3.8, 4) is 0 Å². The third-order valence-electron chi connectivity index (χ3n) is 5.50. The molecule has 34 heavy (non-hydrogen) atoms. The maximum atomic E-state index is 13.1. The number of hydrogen-bond donors (Lipinski definition) is 2. The molecule has 3 amide bonds. The average molecular weight is 468 g/mol. The molecule has 2 aromatic rings. The zero-order valence-corrected chi connectivity index (χ0v) is 20.6. The number of amides is 3. The fourth-order valence-corrected chi connectivity index (χ4v) is 3.85. The van der Waals surface area contributed by atoms with Crippen molar-refractivity contribution in [1.29, 1.82) is 0 Å². The SMILES string of the molecule is Cc1ccc([C@@H]2CC[C@@H](C)CN2C(=O)C(=O)Nc2cnc(NC(=O)OC(C)(C)C)c(C)c2)nc1. The second-order valence-corrected chi connectivity index (χ2v) is 9.89. The highest BCUT2D eigenvalue weighted by Crippen LogP contribution is 2.32. The first-order valence-corrected chi connectivity index (χ1v) is 11.4. The lowest BCUT2D eigenvalue weighted by atomic mass is 9.92. The number of nitrogens with one attached hydrogen (secondary N) is 2. The summed E-state index contributed by atoms with van der Waals surface area (Å²) >= 11 is 0. The van der Waals surface area contributed by atoms with Crippen molar-refractivity contribution < 1.29 is 19.1 Å². The van der Waals surface area contributed by atoms with E-state index in [4.69, 9.17) is 4.74 Å². The van der Waals surface area contributed by atoms with E-state index in [9.17, 15) is 14.4 Å². The molecule has 0 bridgehead atoms. The van der Waals surface area contributed by atoms with Crippen LogP contribution in [0.15, 0.2) is 30.6 Å². The number of carbonyl (C=O) groups is 3. The monoisotopic (exact) mass is 467 g/mol. The minimum atomic E-state index is -0.736. The summed E-state index contributed by atoms with van der Waals surface area (Å²) in [7, 11) is 0. The highest BCUT2D eigenvalue weighted by Gasteiger charge is 2.35. The van der Waals surface area contributed by atoms with Gasteiger partial charge in [-0.1, -0.05) is 13.0 Å². The molecule has 0 spiro atoms. The van der Waals surface area contributed by atoms with Gasteiger partial charge in [0.1, 0.15) is 11.4 Å². The van der Waals surface area contributed by atoms with E-state index in [1.165, 1.54) is 6.20 Å². The Labute approximate surface area is 200 Å². The van der Waals surface area contributed by atoms with E-state index in [1.54, 1.807) is 44.9 Å². The van der Waals surface area contributed by atoms with E-state index in [1.807, 2.05) is 19.1 Å². The molecule has 182 valence electrons. The Morgan fingerprint density at radius 1 is 1.06 bits per heavy atom. The number of carbonyl (C=O) groups excluding carboxylic acids is 3. The number of aryl methyl sites for hydroxylation is 2. The lowest BCUT2D eigenvalue weighted by Gasteiger charge is -2.38. The van der Waals surface area contributed by atoms with Crippen LogP contribution in [0, 0.1) is 19.8 Å². The van der Waals surface area contributed by atoms with Crippen LogP contribution in [0.1, 0.15) is 63.4 Å². The number of likely N-dealkylation sites (tertiary alicyclic amines) is 1. The zero-order valence-electron chi connectivity index (χ0n) is 20.6. The molecule has 0 radical (unpaired) electrons. The highest BCUT2D eigenvalue weighted by molar-refractivity contribution is 6.39.